The van der Waals surface area contributed by atoms with Crippen LogP contribution in [0.5, 0.6) is 0 Å². The molecule has 1 aliphatic heterocycles. The summed E-state index contributed by atoms with van der Waals surface area (Å²) in [5, 5.41) is 1.74. The zero-order valence-corrected chi connectivity index (χ0v) is 12.8. The minimum absolute atomic E-state index is 0.746. The Balaban J connectivity index is 2.17. The second kappa shape index (κ2) is 5.62. The number of alkyl halides is 1. The molecule has 0 aliphatic carbocycles. The number of anilines is 1. The van der Waals surface area contributed by atoms with Gasteiger partial charge in [0.05, 0.1) is 10.7 Å². The fourth-order valence-electron chi connectivity index (χ4n) is 2.37. The lowest BCUT2D eigenvalue weighted by Crippen LogP contribution is -2.38. The van der Waals surface area contributed by atoms with Crippen molar-refractivity contribution in [3.63, 3.8) is 0 Å². The molecule has 1 saturated heterocycles. The molecule has 1 fully saturated rings. The Morgan fingerprint density at radius 2 is 2.12 bits per heavy atom. The highest BCUT2D eigenvalue weighted by Gasteiger charge is 2.23. The summed E-state index contributed by atoms with van der Waals surface area (Å²) in [4.78, 5) is 2.42. The normalized spacial score (nSPS) is 25.1. The van der Waals surface area contributed by atoms with Gasteiger partial charge in [0.2, 0.25) is 0 Å². The van der Waals surface area contributed by atoms with Crippen LogP contribution in [0.4, 0.5) is 5.69 Å². The molecule has 3 heteroatoms. The van der Waals surface area contributed by atoms with Gasteiger partial charge in [-0.3, -0.25) is 0 Å². The second-order valence-electron chi connectivity index (χ2n) is 5.11. The fourth-order valence-corrected chi connectivity index (χ4v) is 3.04. The Hall–Kier alpha value is -0.210. The lowest BCUT2D eigenvalue weighted by Gasteiger charge is -2.37. The van der Waals surface area contributed by atoms with Gasteiger partial charge in [-0.25, -0.2) is 0 Å². The van der Waals surface area contributed by atoms with Crippen molar-refractivity contribution >= 4 is 33.2 Å². The molecule has 1 heterocycles. The molecular formula is C14H19BrClN. The van der Waals surface area contributed by atoms with Gasteiger partial charge >= 0.3 is 0 Å². The van der Waals surface area contributed by atoms with Crippen molar-refractivity contribution in [2.45, 2.75) is 25.6 Å². The lowest BCUT2D eigenvalue weighted by atomic mass is 9.88. The van der Waals surface area contributed by atoms with E-state index >= 15 is 0 Å². The van der Waals surface area contributed by atoms with E-state index in [1.807, 2.05) is 0 Å². The second-order valence-corrected chi connectivity index (χ2v) is 6.08. The average molecular weight is 317 g/mol. The zero-order chi connectivity index (χ0) is 12.4. The molecule has 0 radical (unpaired) electrons. The van der Waals surface area contributed by atoms with Crippen LogP contribution in [0, 0.1) is 11.8 Å². The molecule has 1 aliphatic rings. The topological polar surface area (TPSA) is 3.24 Å². The Labute approximate surface area is 117 Å². The van der Waals surface area contributed by atoms with Gasteiger partial charge in [0.15, 0.2) is 0 Å². The minimum atomic E-state index is 0.746. The van der Waals surface area contributed by atoms with Crippen LogP contribution in [-0.2, 0) is 5.33 Å². The van der Waals surface area contributed by atoms with Gasteiger partial charge < -0.3 is 4.90 Å². The molecular weight excluding hydrogens is 298 g/mol. The number of hydrogen-bond donors (Lipinski definition) is 0. The molecule has 2 atom stereocenters. The summed E-state index contributed by atoms with van der Waals surface area (Å²) < 4.78 is 0. The quantitative estimate of drug-likeness (QED) is 0.714. The molecule has 2 unspecified atom stereocenters. The maximum absolute atomic E-state index is 6.36. The van der Waals surface area contributed by atoms with Crippen molar-refractivity contribution < 1.29 is 0 Å². The first-order valence-corrected chi connectivity index (χ1v) is 7.71. The first-order valence-electron chi connectivity index (χ1n) is 6.21. The van der Waals surface area contributed by atoms with Crippen molar-refractivity contribution in [3.8, 4) is 0 Å². The molecule has 0 N–H and O–H groups in total. The fraction of sp³-hybridized carbons (Fsp3) is 0.571. The molecule has 0 saturated carbocycles. The van der Waals surface area contributed by atoms with Crippen LogP contribution in [0.1, 0.15) is 25.8 Å². The lowest BCUT2D eigenvalue weighted by molar-refractivity contribution is 0.324. The number of halogens is 2. The Bertz CT molecular complexity index is 394. The monoisotopic (exact) mass is 315 g/mol. The van der Waals surface area contributed by atoms with Crippen LogP contribution in [0.2, 0.25) is 5.02 Å². The molecule has 17 heavy (non-hydrogen) atoms. The van der Waals surface area contributed by atoms with E-state index < -0.39 is 0 Å². The highest BCUT2D eigenvalue weighted by atomic mass is 79.9. The van der Waals surface area contributed by atoms with Crippen molar-refractivity contribution in [2.24, 2.45) is 11.8 Å². The van der Waals surface area contributed by atoms with Crippen molar-refractivity contribution in [1.82, 2.24) is 0 Å². The first-order chi connectivity index (χ1) is 8.11. The number of nitrogens with zero attached hydrogens (tertiary/aromatic N) is 1. The third-order valence-corrected chi connectivity index (χ3v) is 4.79. The molecule has 0 aromatic heterocycles. The van der Waals surface area contributed by atoms with Gasteiger partial charge in [-0.2, -0.15) is 0 Å². The van der Waals surface area contributed by atoms with Crippen molar-refractivity contribution in [1.29, 1.82) is 0 Å². The largest absolute Gasteiger partial charge is 0.370 e. The van der Waals surface area contributed by atoms with E-state index in [0.29, 0.717) is 0 Å². The molecule has 2 rings (SSSR count). The van der Waals surface area contributed by atoms with Crippen LogP contribution < -0.4 is 4.90 Å². The van der Waals surface area contributed by atoms with Crippen LogP contribution in [0.3, 0.4) is 0 Å². The minimum Gasteiger partial charge on any atom is -0.370 e. The van der Waals surface area contributed by atoms with E-state index in [4.69, 9.17) is 11.6 Å². The number of benzene rings is 1. The van der Waals surface area contributed by atoms with E-state index in [1.54, 1.807) is 0 Å². The maximum Gasteiger partial charge on any atom is 0.0642 e. The number of piperidine rings is 1. The molecule has 1 aromatic carbocycles. The molecule has 0 spiro atoms. The van der Waals surface area contributed by atoms with E-state index in [1.165, 1.54) is 17.7 Å². The van der Waals surface area contributed by atoms with Crippen molar-refractivity contribution in [3.05, 3.63) is 28.8 Å². The van der Waals surface area contributed by atoms with Gasteiger partial charge in [0, 0.05) is 18.4 Å². The number of rotatable bonds is 2. The highest BCUT2D eigenvalue weighted by Crippen LogP contribution is 2.32. The van der Waals surface area contributed by atoms with E-state index in [2.05, 4.69) is 52.9 Å². The summed E-state index contributed by atoms with van der Waals surface area (Å²) in [5.74, 6) is 1.57. The summed E-state index contributed by atoms with van der Waals surface area (Å²) in [6, 6.07) is 6.37. The van der Waals surface area contributed by atoms with Gasteiger partial charge in [-0.05, 0) is 36.0 Å². The average Bonchev–Trinajstić information content (AvgIpc) is 2.32. The molecule has 1 aromatic rings. The van der Waals surface area contributed by atoms with Crippen molar-refractivity contribution in [2.75, 3.05) is 18.0 Å². The summed E-state index contributed by atoms with van der Waals surface area (Å²) in [6.07, 6.45) is 1.26. The SMILES string of the molecule is CC1CCN(c2ccc(CBr)cc2Cl)CC1C. The van der Waals surface area contributed by atoms with Gasteiger partial charge in [-0.15, -0.1) is 0 Å². The molecule has 0 bridgehead atoms. The first kappa shape index (κ1) is 13.2. The third-order valence-electron chi connectivity index (χ3n) is 3.84. The number of hydrogen-bond acceptors (Lipinski definition) is 1. The predicted octanol–water partition coefficient (Wildman–Crippen LogP) is 4.72. The maximum atomic E-state index is 6.36. The zero-order valence-electron chi connectivity index (χ0n) is 10.4. The third kappa shape index (κ3) is 2.97. The molecule has 0 amide bonds. The van der Waals surface area contributed by atoms with Gasteiger partial charge in [0.1, 0.15) is 0 Å². The Kier molecular flexibility index (Phi) is 4.37. The summed E-state index contributed by atoms with van der Waals surface area (Å²) in [7, 11) is 0. The predicted molar refractivity (Wildman–Crippen MR) is 79.2 cm³/mol. The van der Waals surface area contributed by atoms with Crippen LogP contribution in [0.25, 0.3) is 0 Å². The standard InChI is InChI=1S/C14H19BrClN/c1-10-5-6-17(9-11(10)2)14-4-3-12(8-15)7-13(14)16/h3-4,7,10-11H,5-6,8-9H2,1-2H3. The van der Waals surface area contributed by atoms with E-state index in [9.17, 15) is 0 Å². The summed E-state index contributed by atoms with van der Waals surface area (Å²) in [5.41, 5.74) is 2.42. The van der Waals surface area contributed by atoms with Crippen LogP contribution >= 0.6 is 27.5 Å². The Morgan fingerprint density at radius 3 is 2.71 bits per heavy atom. The Morgan fingerprint density at radius 1 is 1.35 bits per heavy atom. The molecule has 1 nitrogen and oxygen atoms in total. The molecule has 94 valence electrons. The van der Waals surface area contributed by atoms with Gasteiger partial charge in [-0.1, -0.05) is 47.4 Å². The summed E-state index contributed by atoms with van der Waals surface area (Å²) >= 11 is 9.82. The smallest absolute Gasteiger partial charge is 0.0642 e. The van der Waals surface area contributed by atoms with Gasteiger partial charge in [0.25, 0.3) is 0 Å². The van der Waals surface area contributed by atoms with Crippen LogP contribution in [-0.4, -0.2) is 13.1 Å². The highest BCUT2D eigenvalue weighted by molar-refractivity contribution is 9.08. The summed E-state index contributed by atoms with van der Waals surface area (Å²) in [6.45, 7) is 6.92. The van der Waals surface area contributed by atoms with E-state index in [0.717, 1.165) is 35.3 Å². The van der Waals surface area contributed by atoms with Crippen LogP contribution in [0.15, 0.2) is 18.2 Å². The van der Waals surface area contributed by atoms with E-state index in [-0.39, 0.29) is 0 Å².